The third-order valence-corrected chi connectivity index (χ3v) is 3.83. The van der Waals surface area contributed by atoms with Crippen molar-refractivity contribution in [3.63, 3.8) is 0 Å². The van der Waals surface area contributed by atoms with Crippen molar-refractivity contribution in [2.24, 2.45) is 0 Å². The van der Waals surface area contributed by atoms with Crippen LogP contribution in [0.4, 0.5) is 5.82 Å². The Morgan fingerprint density at radius 3 is 2.81 bits per heavy atom. The van der Waals surface area contributed by atoms with Crippen molar-refractivity contribution in [1.29, 1.82) is 0 Å². The van der Waals surface area contributed by atoms with Gasteiger partial charge in [0.1, 0.15) is 11.5 Å². The van der Waals surface area contributed by atoms with Gasteiger partial charge in [-0.05, 0) is 19.8 Å². The molecular weight excluding hydrogens is 268 g/mol. The maximum atomic E-state index is 12.7. The number of carbonyl (C=O) groups is 1. The van der Waals surface area contributed by atoms with Crippen molar-refractivity contribution in [2.45, 2.75) is 45.1 Å². The van der Waals surface area contributed by atoms with E-state index in [0.717, 1.165) is 32.2 Å². The molecule has 0 spiro atoms. The van der Waals surface area contributed by atoms with Gasteiger partial charge in [-0.1, -0.05) is 19.3 Å². The van der Waals surface area contributed by atoms with E-state index < -0.39 is 0 Å². The Morgan fingerprint density at radius 2 is 2.14 bits per heavy atom. The quantitative estimate of drug-likeness (QED) is 0.834. The van der Waals surface area contributed by atoms with Crippen LogP contribution in [0.2, 0.25) is 0 Å². The maximum Gasteiger partial charge on any atom is 0.274 e. The molecule has 0 radical (unpaired) electrons. The first kappa shape index (κ1) is 15.7. The van der Waals surface area contributed by atoms with Crippen LogP contribution in [0, 0.1) is 0 Å². The van der Waals surface area contributed by atoms with E-state index in [1.165, 1.54) is 12.6 Å². The van der Waals surface area contributed by atoms with E-state index in [4.69, 9.17) is 0 Å². The summed E-state index contributed by atoms with van der Waals surface area (Å²) in [6.45, 7) is 3.03. The Hall–Kier alpha value is -1.69. The van der Waals surface area contributed by atoms with E-state index in [1.54, 1.807) is 11.1 Å². The summed E-state index contributed by atoms with van der Waals surface area (Å²) in [5.74, 6) is 0.471. The van der Waals surface area contributed by atoms with Crippen molar-refractivity contribution < 1.29 is 9.90 Å². The molecule has 1 aliphatic carbocycles. The van der Waals surface area contributed by atoms with Crippen molar-refractivity contribution in [3.8, 4) is 0 Å². The van der Waals surface area contributed by atoms with Gasteiger partial charge in [-0.2, -0.15) is 0 Å². The molecule has 1 fully saturated rings. The first-order chi connectivity index (χ1) is 10.3. The summed E-state index contributed by atoms with van der Waals surface area (Å²) >= 11 is 0. The molecule has 6 heteroatoms. The second kappa shape index (κ2) is 7.93. The van der Waals surface area contributed by atoms with Gasteiger partial charge in [0.25, 0.3) is 5.91 Å². The standard InChI is InChI=1S/C15H24N4O2/c1-2-17-14-11-16-10-13(18-14)15(21)19(8-9-20)12-6-4-3-5-7-12/h10-12,20H,2-9H2,1H3,(H,17,18). The van der Waals surface area contributed by atoms with Crippen molar-refractivity contribution in [1.82, 2.24) is 14.9 Å². The number of hydrogen-bond donors (Lipinski definition) is 2. The van der Waals surface area contributed by atoms with E-state index in [-0.39, 0.29) is 18.6 Å². The number of amides is 1. The molecule has 0 unspecified atom stereocenters. The van der Waals surface area contributed by atoms with Crippen LogP contribution < -0.4 is 5.32 Å². The van der Waals surface area contributed by atoms with Gasteiger partial charge in [-0.25, -0.2) is 4.98 Å². The molecule has 0 bridgehead atoms. The molecule has 1 aromatic heterocycles. The minimum absolute atomic E-state index is 0.0252. The van der Waals surface area contributed by atoms with Crippen LogP contribution in [-0.4, -0.2) is 51.6 Å². The monoisotopic (exact) mass is 292 g/mol. The van der Waals surface area contributed by atoms with Gasteiger partial charge < -0.3 is 15.3 Å². The van der Waals surface area contributed by atoms with Gasteiger partial charge in [0.2, 0.25) is 0 Å². The van der Waals surface area contributed by atoms with Gasteiger partial charge in [-0.3, -0.25) is 9.78 Å². The lowest BCUT2D eigenvalue weighted by Gasteiger charge is -2.33. The summed E-state index contributed by atoms with van der Waals surface area (Å²) in [5, 5.41) is 12.3. The van der Waals surface area contributed by atoms with E-state index >= 15 is 0 Å². The van der Waals surface area contributed by atoms with Gasteiger partial charge in [0.15, 0.2) is 0 Å². The predicted octanol–water partition coefficient (Wildman–Crippen LogP) is 1.68. The van der Waals surface area contributed by atoms with Crippen LogP contribution >= 0.6 is 0 Å². The fourth-order valence-corrected chi connectivity index (χ4v) is 2.83. The van der Waals surface area contributed by atoms with Crippen LogP contribution in [0.5, 0.6) is 0 Å². The SMILES string of the molecule is CCNc1cncc(C(=O)N(CCO)C2CCCCC2)n1. The topological polar surface area (TPSA) is 78.4 Å². The largest absolute Gasteiger partial charge is 0.395 e. The number of aliphatic hydroxyl groups excluding tert-OH is 1. The lowest BCUT2D eigenvalue weighted by atomic mass is 9.94. The molecule has 0 aliphatic heterocycles. The number of hydrogen-bond acceptors (Lipinski definition) is 5. The highest BCUT2D eigenvalue weighted by Crippen LogP contribution is 2.23. The maximum absolute atomic E-state index is 12.7. The number of rotatable bonds is 6. The number of carbonyl (C=O) groups excluding carboxylic acids is 1. The molecule has 2 N–H and O–H groups in total. The average Bonchev–Trinajstić information content (AvgIpc) is 2.53. The highest BCUT2D eigenvalue weighted by atomic mass is 16.3. The second-order valence-corrected chi connectivity index (χ2v) is 5.33. The molecule has 0 saturated heterocycles. The lowest BCUT2D eigenvalue weighted by molar-refractivity contribution is 0.0579. The van der Waals surface area contributed by atoms with Gasteiger partial charge >= 0.3 is 0 Å². The van der Waals surface area contributed by atoms with E-state index in [9.17, 15) is 9.90 Å². The molecular formula is C15H24N4O2. The molecule has 1 saturated carbocycles. The van der Waals surface area contributed by atoms with Crippen LogP contribution in [0.15, 0.2) is 12.4 Å². The molecule has 6 nitrogen and oxygen atoms in total. The third kappa shape index (κ3) is 4.14. The third-order valence-electron chi connectivity index (χ3n) is 3.83. The Balaban J connectivity index is 2.14. The molecule has 1 heterocycles. The van der Waals surface area contributed by atoms with Crippen molar-refractivity contribution in [2.75, 3.05) is 25.0 Å². The highest BCUT2D eigenvalue weighted by Gasteiger charge is 2.26. The summed E-state index contributed by atoms with van der Waals surface area (Å²) in [7, 11) is 0. The Labute approximate surface area is 125 Å². The van der Waals surface area contributed by atoms with Gasteiger partial charge in [0.05, 0.1) is 19.0 Å². The second-order valence-electron chi connectivity index (χ2n) is 5.33. The molecule has 0 aromatic carbocycles. The minimum atomic E-state index is -0.136. The molecule has 116 valence electrons. The zero-order valence-corrected chi connectivity index (χ0v) is 12.6. The van der Waals surface area contributed by atoms with E-state index in [2.05, 4.69) is 15.3 Å². The zero-order chi connectivity index (χ0) is 15.1. The summed E-state index contributed by atoms with van der Waals surface area (Å²) in [5.41, 5.74) is 0.340. The highest BCUT2D eigenvalue weighted by molar-refractivity contribution is 5.92. The average molecular weight is 292 g/mol. The van der Waals surface area contributed by atoms with Crippen molar-refractivity contribution >= 4 is 11.7 Å². The molecule has 1 aromatic rings. The normalized spacial score (nSPS) is 15.7. The number of nitrogens with zero attached hydrogens (tertiary/aromatic N) is 3. The van der Waals surface area contributed by atoms with Gasteiger partial charge in [-0.15, -0.1) is 0 Å². The Morgan fingerprint density at radius 1 is 1.38 bits per heavy atom. The first-order valence-electron chi connectivity index (χ1n) is 7.74. The minimum Gasteiger partial charge on any atom is -0.395 e. The van der Waals surface area contributed by atoms with Crippen molar-refractivity contribution in [3.05, 3.63) is 18.1 Å². The number of nitrogens with one attached hydrogen (secondary N) is 1. The Kier molecular flexibility index (Phi) is 5.92. The summed E-state index contributed by atoms with van der Waals surface area (Å²) in [6, 6.07) is 0.211. The molecule has 0 atom stereocenters. The van der Waals surface area contributed by atoms with Gasteiger partial charge in [0, 0.05) is 19.1 Å². The smallest absolute Gasteiger partial charge is 0.274 e. The van der Waals surface area contributed by atoms with Crippen LogP contribution in [0.25, 0.3) is 0 Å². The molecule has 1 aliphatic rings. The summed E-state index contributed by atoms with van der Waals surface area (Å²) < 4.78 is 0. The number of anilines is 1. The summed E-state index contributed by atoms with van der Waals surface area (Å²) in [6.07, 6.45) is 8.63. The van der Waals surface area contributed by atoms with Crippen LogP contribution in [-0.2, 0) is 0 Å². The number of aliphatic hydroxyl groups is 1. The molecule has 21 heavy (non-hydrogen) atoms. The van der Waals surface area contributed by atoms with E-state index in [0.29, 0.717) is 18.1 Å². The van der Waals surface area contributed by atoms with E-state index in [1.807, 2.05) is 6.92 Å². The molecule has 1 amide bonds. The van der Waals surface area contributed by atoms with Crippen LogP contribution in [0.1, 0.15) is 49.5 Å². The predicted molar refractivity (Wildman–Crippen MR) is 81.2 cm³/mol. The lowest BCUT2D eigenvalue weighted by Crippen LogP contribution is -2.43. The Bertz CT molecular complexity index is 461. The zero-order valence-electron chi connectivity index (χ0n) is 12.6. The molecule has 2 rings (SSSR count). The number of aromatic nitrogens is 2. The van der Waals surface area contributed by atoms with Crippen LogP contribution in [0.3, 0.4) is 0 Å². The summed E-state index contributed by atoms with van der Waals surface area (Å²) in [4.78, 5) is 22.8. The first-order valence-corrected chi connectivity index (χ1v) is 7.74. The fraction of sp³-hybridized carbons (Fsp3) is 0.667. The fourth-order valence-electron chi connectivity index (χ4n) is 2.83.